The number of aliphatic hydroxyl groups excluding tert-OH is 1. The molecule has 0 amide bonds. The van der Waals surface area contributed by atoms with Crippen LogP contribution in [0, 0.1) is 5.92 Å². The Morgan fingerprint density at radius 1 is 1.12 bits per heavy atom. The third kappa shape index (κ3) is 5.26. The molecule has 2 saturated heterocycles. The van der Waals surface area contributed by atoms with Crippen LogP contribution in [0.25, 0.3) is 0 Å². The van der Waals surface area contributed by atoms with Crippen LogP contribution >= 0.6 is 0 Å². The maximum Gasteiger partial charge on any atom is 0.122 e. The molecule has 2 fully saturated rings. The third-order valence-corrected chi connectivity index (χ3v) is 5.93. The zero-order valence-electron chi connectivity index (χ0n) is 16.1. The number of aromatic nitrogens is 2. The molecule has 2 atom stereocenters. The van der Waals surface area contributed by atoms with E-state index in [4.69, 9.17) is 0 Å². The lowest BCUT2D eigenvalue weighted by atomic mass is 9.99. The smallest absolute Gasteiger partial charge is 0.122 e. The lowest BCUT2D eigenvalue weighted by Gasteiger charge is -2.41. The fourth-order valence-corrected chi connectivity index (χ4v) is 4.10. The molecule has 1 aromatic rings. The van der Waals surface area contributed by atoms with Crippen LogP contribution in [-0.2, 0) is 13.6 Å². The van der Waals surface area contributed by atoms with Gasteiger partial charge >= 0.3 is 0 Å². The van der Waals surface area contributed by atoms with E-state index in [0.717, 1.165) is 64.1 Å². The highest BCUT2D eigenvalue weighted by molar-refractivity contribution is 4.93. The molecule has 0 spiro atoms. The number of piperazine rings is 1. The molecule has 0 unspecified atom stereocenters. The van der Waals surface area contributed by atoms with Gasteiger partial charge in [-0.25, -0.2) is 4.98 Å². The topological polar surface area (TPSA) is 47.8 Å². The SMILES string of the molecule is CC1CCN(C[C@H](O)CN2CCN(Cc3nccn3C)[C@@H](C)C2)CC1. The van der Waals surface area contributed by atoms with Crippen LogP contribution in [0.1, 0.15) is 32.5 Å². The summed E-state index contributed by atoms with van der Waals surface area (Å²) in [7, 11) is 2.06. The van der Waals surface area contributed by atoms with Crippen molar-refractivity contribution in [3.63, 3.8) is 0 Å². The predicted octanol–water partition coefficient (Wildman–Crippen LogP) is 1.02. The van der Waals surface area contributed by atoms with Gasteiger partial charge < -0.3 is 14.6 Å². The Bertz CT molecular complexity index is 526. The molecule has 2 aliphatic heterocycles. The third-order valence-electron chi connectivity index (χ3n) is 5.93. The number of aryl methyl sites for hydroxylation is 1. The van der Waals surface area contributed by atoms with Gasteiger partial charge in [0.15, 0.2) is 0 Å². The predicted molar refractivity (Wildman–Crippen MR) is 100 cm³/mol. The summed E-state index contributed by atoms with van der Waals surface area (Å²) in [6.45, 7) is 12.5. The first-order chi connectivity index (χ1) is 12.0. The molecule has 6 heteroatoms. The monoisotopic (exact) mass is 349 g/mol. The van der Waals surface area contributed by atoms with E-state index in [1.165, 1.54) is 12.8 Å². The maximum atomic E-state index is 10.5. The lowest BCUT2D eigenvalue weighted by Crippen LogP contribution is -2.54. The van der Waals surface area contributed by atoms with Crippen molar-refractivity contribution >= 4 is 0 Å². The molecule has 142 valence electrons. The molecule has 1 aromatic heterocycles. The van der Waals surface area contributed by atoms with E-state index in [-0.39, 0.29) is 6.10 Å². The Balaban J connectivity index is 1.41. The molecule has 0 aromatic carbocycles. The summed E-state index contributed by atoms with van der Waals surface area (Å²) < 4.78 is 2.10. The van der Waals surface area contributed by atoms with Crippen molar-refractivity contribution < 1.29 is 5.11 Å². The molecule has 0 bridgehead atoms. The van der Waals surface area contributed by atoms with Crippen LogP contribution in [0.5, 0.6) is 0 Å². The molecule has 25 heavy (non-hydrogen) atoms. The number of β-amino-alcohol motifs (C(OH)–C–C–N with tert-alkyl or cyclic N) is 1. The molecule has 3 heterocycles. The molecule has 6 nitrogen and oxygen atoms in total. The molecule has 0 saturated carbocycles. The second-order valence-electron chi connectivity index (χ2n) is 8.17. The van der Waals surface area contributed by atoms with E-state index in [0.29, 0.717) is 6.04 Å². The molecule has 0 radical (unpaired) electrons. The first-order valence-corrected chi connectivity index (χ1v) is 9.84. The lowest BCUT2D eigenvalue weighted by molar-refractivity contribution is 0.0234. The molecular formula is C19H35N5O. The van der Waals surface area contributed by atoms with E-state index in [9.17, 15) is 5.11 Å². The van der Waals surface area contributed by atoms with Crippen LogP contribution in [0.3, 0.4) is 0 Å². The number of aliphatic hydroxyl groups is 1. The van der Waals surface area contributed by atoms with Gasteiger partial charge in [0, 0.05) is 58.2 Å². The van der Waals surface area contributed by atoms with Crippen molar-refractivity contribution in [1.29, 1.82) is 0 Å². The molecule has 0 aliphatic carbocycles. The van der Waals surface area contributed by atoms with Gasteiger partial charge in [-0.05, 0) is 38.8 Å². The number of likely N-dealkylation sites (tertiary alicyclic amines) is 1. The van der Waals surface area contributed by atoms with Gasteiger partial charge in [0.1, 0.15) is 5.82 Å². The number of imidazole rings is 1. The van der Waals surface area contributed by atoms with Gasteiger partial charge in [-0.2, -0.15) is 0 Å². The average molecular weight is 350 g/mol. The second-order valence-corrected chi connectivity index (χ2v) is 8.17. The summed E-state index contributed by atoms with van der Waals surface area (Å²) in [6, 6.07) is 0.494. The minimum atomic E-state index is -0.235. The summed E-state index contributed by atoms with van der Waals surface area (Å²) in [5.41, 5.74) is 0. The first kappa shape index (κ1) is 18.8. The highest BCUT2D eigenvalue weighted by Crippen LogP contribution is 2.17. The summed E-state index contributed by atoms with van der Waals surface area (Å²) in [4.78, 5) is 11.8. The van der Waals surface area contributed by atoms with Gasteiger partial charge in [0.2, 0.25) is 0 Å². The maximum absolute atomic E-state index is 10.5. The molecule has 3 rings (SSSR count). The van der Waals surface area contributed by atoms with E-state index >= 15 is 0 Å². The minimum absolute atomic E-state index is 0.235. The van der Waals surface area contributed by atoms with Crippen molar-refractivity contribution in [2.45, 2.75) is 45.4 Å². The van der Waals surface area contributed by atoms with Crippen molar-refractivity contribution in [1.82, 2.24) is 24.3 Å². The van der Waals surface area contributed by atoms with Gasteiger partial charge in [0.05, 0.1) is 12.6 Å². The Morgan fingerprint density at radius 3 is 2.48 bits per heavy atom. The fraction of sp³-hybridized carbons (Fsp3) is 0.842. The van der Waals surface area contributed by atoms with Crippen molar-refractivity contribution in [3.05, 3.63) is 18.2 Å². The highest BCUT2D eigenvalue weighted by Gasteiger charge is 2.26. The summed E-state index contributed by atoms with van der Waals surface area (Å²) in [5.74, 6) is 1.97. The second kappa shape index (κ2) is 8.62. The highest BCUT2D eigenvalue weighted by atomic mass is 16.3. The summed E-state index contributed by atoms with van der Waals surface area (Å²) in [5, 5.41) is 10.5. The first-order valence-electron chi connectivity index (χ1n) is 9.84. The summed E-state index contributed by atoms with van der Waals surface area (Å²) >= 11 is 0. The van der Waals surface area contributed by atoms with Crippen molar-refractivity contribution in [3.8, 4) is 0 Å². The molecule has 1 N–H and O–H groups in total. The fourth-order valence-electron chi connectivity index (χ4n) is 4.10. The van der Waals surface area contributed by atoms with Crippen LogP contribution in [0.15, 0.2) is 12.4 Å². The number of piperidine rings is 1. The van der Waals surface area contributed by atoms with Gasteiger partial charge in [-0.1, -0.05) is 6.92 Å². The quantitative estimate of drug-likeness (QED) is 0.831. The minimum Gasteiger partial charge on any atom is -0.390 e. The van der Waals surface area contributed by atoms with Crippen molar-refractivity contribution in [2.24, 2.45) is 13.0 Å². The Kier molecular flexibility index (Phi) is 6.49. The van der Waals surface area contributed by atoms with E-state index in [2.05, 4.69) is 45.1 Å². The Morgan fingerprint density at radius 2 is 1.84 bits per heavy atom. The van der Waals surface area contributed by atoms with Crippen LogP contribution in [0.4, 0.5) is 0 Å². The molecular weight excluding hydrogens is 314 g/mol. The number of hydrogen-bond acceptors (Lipinski definition) is 5. The Hall–Kier alpha value is -0.950. The van der Waals surface area contributed by atoms with Crippen LogP contribution in [-0.4, -0.2) is 87.3 Å². The van der Waals surface area contributed by atoms with E-state index < -0.39 is 0 Å². The summed E-state index contributed by atoms with van der Waals surface area (Å²) in [6.07, 6.45) is 6.19. The normalized spacial score (nSPS) is 26.2. The standard InChI is InChI=1S/C19H35N5O/c1-16-4-7-22(8-5-16)13-18(25)14-23-10-11-24(17(2)12-23)15-19-20-6-9-21(19)3/h6,9,16-18,25H,4-5,7-8,10-15H2,1-3H3/t17-,18-/m0/s1. The van der Waals surface area contributed by atoms with Gasteiger partial charge in [0.25, 0.3) is 0 Å². The number of hydrogen-bond donors (Lipinski definition) is 1. The zero-order valence-corrected chi connectivity index (χ0v) is 16.1. The van der Waals surface area contributed by atoms with E-state index in [1.54, 1.807) is 0 Å². The number of nitrogens with zero attached hydrogens (tertiary/aromatic N) is 5. The van der Waals surface area contributed by atoms with Crippen LogP contribution in [0.2, 0.25) is 0 Å². The molecule has 2 aliphatic rings. The Labute approximate surface area is 152 Å². The zero-order chi connectivity index (χ0) is 17.8. The van der Waals surface area contributed by atoms with Gasteiger partial charge in [-0.15, -0.1) is 0 Å². The van der Waals surface area contributed by atoms with E-state index in [1.807, 2.05) is 12.4 Å². The van der Waals surface area contributed by atoms with Crippen LogP contribution < -0.4 is 0 Å². The average Bonchev–Trinajstić information content (AvgIpc) is 2.97. The number of rotatable bonds is 6. The van der Waals surface area contributed by atoms with Gasteiger partial charge in [-0.3, -0.25) is 9.80 Å². The van der Waals surface area contributed by atoms with Crippen molar-refractivity contribution in [2.75, 3.05) is 45.8 Å². The largest absolute Gasteiger partial charge is 0.390 e.